The first-order valence-electron chi connectivity index (χ1n) is 8.62. The number of rotatable bonds is 7. The molecule has 0 unspecified atom stereocenters. The summed E-state index contributed by atoms with van der Waals surface area (Å²) in [5, 5.41) is 9.61. The molecule has 0 spiro atoms. The number of aromatic nitrogens is 3. The topological polar surface area (TPSA) is 96.8 Å². The van der Waals surface area contributed by atoms with Gasteiger partial charge >= 0.3 is 0 Å². The number of aromatic amines is 1. The second-order valence-electron chi connectivity index (χ2n) is 6.28. The monoisotopic (exact) mass is 416 g/mol. The predicted octanol–water partition coefficient (Wildman–Crippen LogP) is 2.42. The Labute approximate surface area is 168 Å². The molecule has 2 N–H and O–H groups in total. The minimum absolute atomic E-state index is 0.164. The first-order chi connectivity index (χ1) is 13.4. The average molecular weight is 417 g/mol. The molecule has 2 aromatic carbocycles. The van der Waals surface area contributed by atoms with Gasteiger partial charge in [0, 0.05) is 25.6 Å². The van der Waals surface area contributed by atoms with Crippen LogP contribution < -0.4 is 5.32 Å². The van der Waals surface area contributed by atoms with Gasteiger partial charge in [0.15, 0.2) is 14.6 Å². The summed E-state index contributed by atoms with van der Waals surface area (Å²) in [5.74, 6) is 0.312. The zero-order chi connectivity index (χ0) is 20.1. The van der Waals surface area contributed by atoms with Crippen LogP contribution in [0.1, 0.15) is 21.7 Å². The summed E-state index contributed by atoms with van der Waals surface area (Å²) >= 11 is 5.05. The minimum Gasteiger partial charge on any atom is -0.352 e. The van der Waals surface area contributed by atoms with E-state index in [0.29, 0.717) is 28.9 Å². The maximum Gasteiger partial charge on any atom is 0.251 e. The molecule has 28 heavy (non-hydrogen) atoms. The van der Waals surface area contributed by atoms with Crippen molar-refractivity contribution in [1.82, 2.24) is 20.1 Å². The number of benzene rings is 2. The van der Waals surface area contributed by atoms with E-state index >= 15 is 0 Å². The highest BCUT2D eigenvalue weighted by molar-refractivity contribution is 7.90. The number of nitrogens with zero attached hydrogens (tertiary/aromatic N) is 2. The Kier molecular flexibility index (Phi) is 6.05. The lowest BCUT2D eigenvalue weighted by atomic mass is 10.1. The zero-order valence-corrected chi connectivity index (χ0v) is 16.9. The molecule has 0 fully saturated rings. The minimum atomic E-state index is -3.47. The highest BCUT2D eigenvalue weighted by atomic mass is 32.2. The summed E-state index contributed by atoms with van der Waals surface area (Å²) in [6.45, 7) is 0.388. The van der Waals surface area contributed by atoms with Crippen molar-refractivity contribution in [2.24, 2.45) is 7.05 Å². The third-order valence-corrected chi connectivity index (χ3v) is 6.32. The number of carbonyl (C=O) groups excluding carboxylic acids is 1. The highest BCUT2D eigenvalue weighted by Crippen LogP contribution is 2.17. The van der Waals surface area contributed by atoms with Crippen LogP contribution in [0.2, 0.25) is 0 Å². The Bertz CT molecular complexity index is 1140. The number of nitrogens with one attached hydrogen (secondary N) is 2. The Morgan fingerprint density at radius 2 is 1.93 bits per heavy atom. The molecule has 0 atom stereocenters. The van der Waals surface area contributed by atoms with E-state index in [4.69, 9.17) is 12.2 Å². The average Bonchev–Trinajstić information content (AvgIpc) is 3.01. The molecule has 0 aliphatic heterocycles. The number of sulfone groups is 1. The SMILES string of the molecule is Cn1c(CCNC(=O)c2cccc(CS(=O)(=O)c3ccccc3)c2)n[nH]c1=S. The third kappa shape index (κ3) is 4.73. The largest absolute Gasteiger partial charge is 0.352 e. The molecule has 7 nitrogen and oxygen atoms in total. The van der Waals surface area contributed by atoms with Crippen LogP contribution in [-0.4, -0.2) is 35.6 Å². The molecular formula is C19H20N4O3S2. The molecule has 0 aliphatic carbocycles. The number of amides is 1. The summed E-state index contributed by atoms with van der Waals surface area (Å²) in [5.41, 5.74) is 0.974. The molecule has 0 radical (unpaired) electrons. The lowest BCUT2D eigenvalue weighted by molar-refractivity contribution is 0.0953. The number of hydrogen-bond acceptors (Lipinski definition) is 5. The fourth-order valence-electron chi connectivity index (χ4n) is 2.73. The van der Waals surface area contributed by atoms with Gasteiger partial charge < -0.3 is 9.88 Å². The second-order valence-corrected chi connectivity index (χ2v) is 8.66. The van der Waals surface area contributed by atoms with Gasteiger partial charge in [0.2, 0.25) is 0 Å². The van der Waals surface area contributed by atoms with Gasteiger partial charge in [0.05, 0.1) is 10.6 Å². The lowest BCUT2D eigenvalue weighted by Gasteiger charge is -2.08. The smallest absolute Gasteiger partial charge is 0.251 e. The molecule has 0 saturated heterocycles. The van der Waals surface area contributed by atoms with Crippen molar-refractivity contribution in [2.75, 3.05) is 6.54 Å². The van der Waals surface area contributed by atoms with E-state index in [2.05, 4.69) is 15.5 Å². The van der Waals surface area contributed by atoms with Crippen molar-refractivity contribution >= 4 is 28.0 Å². The molecular weight excluding hydrogens is 396 g/mol. The van der Waals surface area contributed by atoms with Gasteiger partial charge in [-0.2, -0.15) is 5.10 Å². The van der Waals surface area contributed by atoms with Crippen LogP contribution in [0.4, 0.5) is 0 Å². The standard InChI is InChI=1S/C19H20N4O3S2/c1-23-17(21-22-19(23)27)10-11-20-18(24)15-7-5-6-14(12-15)13-28(25,26)16-8-3-2-4-9-16/h2-9,12H,10-11,13H2,1H3,(H,20,24)(H,22,27). The van der Waals surface area contributed by atoms with E-state index < -0.39 is 9.84 Å². The van der Waals surface area contributed by atoms with Crippen molar-refractivity contribution in [3.05, 3.63) is 76.3 Å². The molecule has 3 aromatic rings. The summed E-state index contributed by atoms with van der Waals surface area (Å²) < 4.78 is 27.3. The van der Waals surface area contributed by atoms with Crippen molar-refractivity contribution in [3.8, 4) is 0 Å². The number of carbonyl (C=O) groups is 1. The van der Waals surface area contributed by atoms with Gasteiger partial charge in [-0.15, -0.1) is 0 Å². The predicted molar refractivity (Wildman–Crippen MR) is 108 cm³/mol. The molecule has 0 bridgehead atoms. The first-order valence-corrected chi connectivity index (χ1v) is 10.7. The van der Waals surface area contributed by atoms with Crippen molar-refractivity contribution in [2.45, 2.75) is 17.1 Å². The van der Waals surface area contributed by atoms with Crippen LogP contribution in [0.15, 0.2) is 59.5 Å². The van der Waals surface area contributed by atoms with Crippen LogP contribution >= 0.6 is 12.2 Å². The Balaban J connectivity index is 1.64. The van der Waals surface area contributed by atoms with Crippen molar-refractivity contribution in [3.63, 3.8) is 0 Å². The van der Waals surface area contributed by atoms with Gasteiger partial charge in [0.25, 0.3) is 5.91 Å². The molecule has 1 amide bonds. The summed E-state index contributed by atoms with van der Waals surface area (Å²) in [6, 6.07) is 14.9. The van der Waals surface area contributed by atoms with E-state index in [1.165, 1.54) is 0 Å². The van der Waals surface area contributed by atoms with Crippen LogP contribution in [0.25, 0.3) is 0 Å². The van der Waals surface area contributed by atoms with Gasteiger partial charge in [-0.1, -0.05) is 30.3 Å². The molecule has 1 heterocycles. The van der Waals surface area contributed by atoms with Crippen LogP contribution in [0, 0.1) is 4.77 Å². The third-order valence-electron chi connectivity index (χ3n) is 4.25. The maximum atomic E-state index is 12.5. The van der Waals surface area contributed by atoms with E-state index in [-0.39, 0.29) is 16.6 Å². The molecule has 0 aliphatic rings. The van der Waals surface area contributed by atoms with Crippen LogP contribution in [0.5, 0.6) is 0 Å². The van der Waals surface area contributed by atoms with Gasteiger partial charge in [-0.3, -0.25) is 9.89 Å². The summed E-state index contributed by atoms with van der Waals surface area (Å²) in [4.78, 5) is 12.7. The molecule has 146 valence electrons. The summed E-state index contributed by atoms with van der Waals surface area (Å²) in [6.07, 6.45) is 0.525. The number of H-pyrrole nitrogens is 1. The van der Waals surface area contributed by atoms with E-state index in [1.807, 2.05) is 0 Å². The van der Waals surface area contributed by atoms with Crippen molar-refractivity contribution < 1.29 is 13.2 Å². The zero-order valence-electron chi connectivity index (χ0n) is 15.3. The van der Waals surface area contributed by atoms with Gasteiger partial charge in [0.1, 0.15) is 5.82 Å². The Morgan fingerprint density at radius 3 is 2.61 bits per heavy atom. The fraction of sp³-hybridized carbons (Fsp3) is 0.211. The Morgan fingerprint density at radius 1 is 1.18 bits per heavy atom. The molecule has 1 aromatic heterocycles. The summed E-state index contributed by atoms with van der Waals surface area (Å²) in [7, 11) is -1.66. The lowest BCUT2D eigenvalue weighted by Crippen LogP contribution is -2.26. The second kappa shape index (κ2) is 8.49. The van der Waals surface area contributed by atoms with E-state index in [9.17, 15) is 13.2 Å². The highest BCUT2D eigenvalue weighted by Gasteiger charge is 2.16. The van der Waals surface area contributed by atoms with E-state index in [1.54, 1.807) is 66.2 Å². The molecule has 9 heteroatoms. The Hall–Kier alpha value is -2.78. The maximum absolute atomic E-state index is 12.5. The van der Waals surface area contributed by atoms with E-state index in [0.717, 1.165) is 5.82 Å². The molecule has 0 saturated carbocycles. The van der Waals surface area contributed by atoms with Crippen LogP contribution in [-0.2, 0) is 29.1 Å². The normalized spacial score (nSPS) is 11.3. The van der Waals surface area contributed by atoms with Gasteiger partial charge in [-0.05, 0) is 42.0 Å². The number of hydrogen-bond donors (Lipinski definition) is 2. The van der Waals surface area contributed by atoms with Gasteiger partial charge in [-0.25, -0.2) is 8.42 Å². The quantitative estimate of drug-likeness (QED) is 0.577. The molecule has 3 rings (SSSR count). The first kappa shape index (κ1) is 20.0. The fourth-order valence-corrected chi connectivity index (χ4v) is 4.23. The van der Waals surface area contributed by atoms with Crippen molar-refractivity contribution in [1.29, 1.82) is 0 Å². The van der Waals surface area contributed by atoms with Crippen LogP contribution in [0.3, 0.4) is 0 Å².